The number of carbonyl (C=O) groups is 2. The molecule has 1 N–H and O–H groups in total. The van der Waals surface area contributed by atoms with Crippen LogP contribution in [0.2, 0.25) is 0 Å². The Bertz CT molecular complexity index is 680. The highest BCUT2D eigenvalue weighted by Crippen LogP contribution is 2.39. The standard InChI is InChI=1S/C20H31N5O2/c1-14(2)19-21-10-17(11-22-19)12-25-13-18(23-15(3)26)9-20(25)5-7-24(8-6-20)16(4)27/h10-11,14,18H,5-9,12-13H2,1-4H3,(H,23,26). The molecule has 7 heteroatoms. The molecule has 0 radical (unpaired) electrons. The number of hydrogen-bond donors (Lipinski definition) is 1. The van der Waals surface area contributed by atoms with E-state index in [1.165, 1.54) is 0 Å². The fourth-order valence-corrected chi connectivity index (χ4v) is 4.45. The van der Waals surface area contributed by atoms with Crippen molar-refractivity contribution in [1.82, 2.24) is 25.1 Å². The van der Waals surface area contributed by atoms with E-state index in [1.807, 2.05) is 17.3 Å². The normalized spacial score (nSPS) is 22.4. The number of hydrogen-bond acceptors (Lipinski definition) is 5. The molecule has 2 aliphatic heterocycles. The molecule has 0 aliphatic carbocycles. The minimum Gasteiger partial charge on any atom is -0.352 e. The first-order valence-corrected chi connectivity index (χ1v) is 9.87. The number of piperidine rings is 1. The molecular weight excluding hydrogens is 342 g/mol. The van der Waals surface area contributed by atoms with Crippen molar-refractivity contribution in [3.8, 4) is 0 Å². The number of carbonyl (C=O) groups excluding carboxylic acids is 2. The van der Waals surface area contributed by atoms with Gasteiger partial charge in [-0.25, -0.2) is 9.97 Å². The maximum absolute atomic E-state index is 11.7. The number of aromatic nitrogens is 2. The van der Waals surface area contributed by atoms with Gasteiger partial charge in [-0.2, -0.15) is 0 Å². The fourth-order valence-electron chi connectivity index (χ4n) is 4.45. The number of amides is 2. The molecule has 27 heavy (non-hydrogen) atoms. The number of nitrogens with one attached hydrogen (secondary N) is 1. The van der Waals surface area contributed by atoms with Crippen molar-refractivity contribution in [2.24, 2.45) is 0 Å². The van der Waals surface area contributed by atoms with Crippen LogP contribution in [0.1, 0.15) is 64.3 Å². The van der Waals surface area contributed by atoms with Gasteiger partial charge in [0.15, 0.2) is 0 Å². The molecule has 2 aliphatic rings. The van der Waals surface area contributed by atoms with Crippen LogP contribution in [0.3, 0.4) is 0 Å². The average molecular weight is 374 g/mol. The number of likely N-dealkylation sites (tertiary alicyclic amines) is 2. The Morgan fingerprint density at radius 3 is 2.37 bits per heavy atom. The zero-order chi connectivity index (χ0) is 19.6. The van der Waals surface area contributed by atoms with Crippen molar-refractivity contribution in [3.63, 3.8) is 0 Å². The monoisotopic (exact) mass is 373 g/mol. The van der Waals surface area contributed by atoms with Crippen molar-refractivity contribution >= 4 is 11.8 Å². The van der Waals surface area contributed by atoms with Crippen LogP contribution in [-0.2, 0) is 16.1 Å². The van der Waals surface area contributed by atoms with Crippen LogP contribution in [0.4, 0.5) is 0 Å². The van der Waals surface area contributed by atoms with Crippen LogP contribution < -0.4 is 5.32 Å². The Labute approximate surface area is 161 Å². The van der Waals surface area contributed by atoms with E-state index in [0.717, 1.165) is 56.8 Å². The lowest BCUT2D eigenvalue weighted by Gasteiger charge is -2.44. The number of nitrogens with zero attached hydrogens (tertiary/aromatic N) is 4. The minimum atomic E-state index is 0.0165. The van der Waals surface area contributed by atoms with E-state index in [0.29, 0.717) is 5.92 Å². The second-order valence-electron chi connectivity index (χ2n) is 8.32. The summed E-state index contributed by atoms with van der Waals surface area (Å²) in [5.41, 5.74) is 1.12. The molecule has 3 rings (SSSR count). The molecule has 3 heterocycles. The van der Waals surface area contributed by atoms with Crippen molar-refractivity contribution in [3.05, 3.63) is 23.8 Å². The predicted octanol–water partition coefficient (Wildman–Crippen LogP) is 1.69. The van der Waals surface area contributed by atoms with E-state index >= 15 is 0 Å². The second kappa shape index (κ2) is 7.92. The molecule has 1 atom stereocenters. The zero-order valence-corrected chi connectivity index (χ0v) is 16.9. The molecule has 1 aromatic heterocycles. The van der Waals surface area contributed by atoms with Crippen molar-refractivity contribution in [2.45, 2.75) is 71.0 Å². The highest BCUT2D eigenvalue weighted by Gasteiger charge is 2.47. The Hall–Kier alpha value is -2.02. The van der Waals surface area contributed by atoms with Crippen molar-refractivity contribution in [2.75, 3.05) is 19.6 Å². The SMILES string of the molecule is CC(=O)NC1CN(Cc2cnc(C(C)C)nc2)C2(CCN(C(C)=O)CC2)C1. The third kappa shape index (κ3) is 4.46. The van der Waals surface area contributed by atoms with Crippen molar-refractivity contribution in [1.29, 1.82) is 0 Å². The Balaban J connectivity index is 1.75. The maximum atomic E-state index is 11.7. The lowest BCUT2D eigenvalue weighted by atomic mass is 9.84. The Morgan fingerprint density at radius 1 is 1.22 bits per heavy atom. The second-order valence-corrected chi connectivity index (χ2v) is 8.32. The summed E-state index contributed by atoms with van der Waals surface area (Å²) >= 11 is 0. The summed E-state index contributed by atoms with van der Waals surface area (Å²) in [4.78, 5) is 36.7. The molecule has 2 amide bonds. The van der Waals surface area contributed by atoms with Gasteiger partial charge in [0.2, 0.25) is 11.8 Å². The van der Waals surface area contributed by atoms with Gasteiger partial charge >= 0.3 is 0 Å². The quantitative estimate of drug-likeness (QED) is 0.869. The molecule has 7 nitrogen and oxygen atoms in total. The third-order valence-electron chi connectivity index (χ3n) is 5.90. The van der Waals surface area contributed by atoms with Gasteiger partial charge in [-0.05, 0) is 19.3 Å². The maximum Gasteiger partial charge on any atom is 0.219 e. The molecular formula is C20H31N5O2. The molecule has 2 saturated heterocycles. The summed E-state index contributed by atoms with van der Waals surface area (Å²) < 4.78 is 0. The first-order valence-electron chi connectivity index (χ1n) is 9.87. The van der Waals surface area contributed by atoms with Gasteiger partial charge in [0.1, 0.15) is 5.82 Å². The summed E-state index contributed by atoms with van der Waals surface area (Å²) in [6, 6.07) is 0.155. The molecule has 1 spiro atoms. The zero-order valence-electron chi connectivity index (χ0n) is 16.9. The van der Waals surface area contributed by atoms with E-state index in [9.17, 15) is 9.59 Å². The van der Waals surface area contributed by atoms with Gasteiger partial charge in [0.25, 0.3) is 0 Å². The van der Waals surface area contributed by atoms with Gasteiger partial charge in [-0.3, -0.25) is 14.5 Å². The van der Waals surface area contributed by atoms with Crippen LogP contribution in [0.15, 0.2) is 12.4 Å². The lowest BCUT2D eigenvalue weighted by Crippen LogP contribution is -2.52. The minimum absolute atomic E-state index is 0.0165. The fraction of sp³-hybridized carbons (Fsp3) is 0.700. The van der Waals surface area contributed by atoms with Crippen LogP contribution in [0.5, 0.6) is 0 Å². The highest BCUT2D eigenvalue weighted by molar-refractivity contribution is 5.73. The van der Waals surface area contributed by atoms with Crippen LogP contribution in [0, 0.1) is 0 Å². The average Bonchev–Trinajstić information content (AvgIpc) is 2.91. The molecule has 148 valence electrons. The Kier molecular flexibility index (Phi) is 5.79. The summed E-state index contributed by atoms with van der Waals surface area (Å²) in [5.74, 6) is 1.34. The number of rotatable bonds is 4. The molecule has 0 saturated carbocycles. The summed E-state index contributed by atoms with van der Waals surface area (Å²) in [6.07, 6.45) is 6.66. The van der Waals surface area contributed by atoms with E-state index in [2.05, 4.69) is 34.0 Å². The van der Waals surface area contributed by atoms with E-state index in [4.69, 9.17) is 0 Å². The third-order valence-corrected chi connectivity index (χ3v) is 5.90. The van der Waals surface area contributed by atoms with E-state index in [1.54, 1.807) is 13.8 Å². The lowest BCUT2D eigenvalue weighted by molar-refractivity contribution is -0.131. The van der Waals surface area contributed by atoms with Gasteiger partial charge < -0.3 is 10.2 Å². The topological polar surface area (TPSA) is 78.4 Å². The van der Waals surface area contributed by atoms with Gasteiger partial charge in [-0.15, -0.1) is 0 Å². The summed E-state index contributed by atoms with van der Waals surface area (Å²) in [5, 5.41) is 3.09. The van der Waals surface area contributed by atoms with Gasteiger partial charge in [0.05, 0.1) is 0 Å². The molecule has 0 bridgehead atoms. The summed E-state index contributed by atoms with van der Waals surface area (Å²) in [6.45, 7) is 10.5. The summed E-state index contributed by atoms with van der Waals surface area (Å²) in [7, 11) is 0. The van der Waals surface area contributed by atoms with Crippen LogP contribution >= 0.6 is 0 Å². The van der Waals surface area contributed by atoms with Crippen LogP contribution in [-0.4, -0.2) is 62.8 Å². The highest BCUT2D eigenvalue weighted by atomic mass is 16.2. The predicted molar refractivity (Wildman–Crippen MR) is 103 cm³/mol. The largest absolute Gasteiger partial charge is 0.352 e. The van der Waals surface area contributed by atoms with Crippen LogP contribution in [0.25, 0.3) is 0 Å². The van der Waals surface area contributed by atoms with E-state index in [-0.39, 0.29) is 23.4 Å². The molecule has 0 aromatic carbocycles. The first-order chi connectivity index (χ1) is 12.8. The smallest absolute Gasteiger partial charge is 0.219 e. The molecule has 2 fully saturated rings. The first kappa shape index (κ1) is 19.7. The van der Waals surface area contributed by atoms with Crippen molar-refractivity contribution < 1.29 is 9.59 Å². The van der Waals surface area contributed by atoms with Gasteiger partial charge in [-0.1, -0.05) is 13.8 Å². The van der Waals surface area contributed by atoms with E-state index < -0.39 is 0 Å². The van der Waals surface area contributed by atoms with Gasteiger partial charge in [0, 0.05) is 75.5 Å². The molecule has 1 aromatic rings. The Morgan fingerprint density at radius 2 is 1.85 bits per heavy atom. The molecule has 1 unspecified atom stereocenters.